The van der Waals surface area contributed by atoms with Gasteiger partial charge in [0.25, 0.3) is 11.6 Å². The van der Waals surface area contributed by atoms with Crippen molar-refractivity contribution in [1.29, 1.82) is 0 Å². The molecule has 4 aromatic carbocycles. The van der Waals surface area contributed by atoms with Crippen molar-refractivity contribution in [2.45, 2.75) is 18.6 Å². The number of carbonyl (C=O) groups excluding carboxylic acids is 2. The summed E-state index contributed by atoms with van der Waals surface area (Å²) in [6.45, 7) is 0.241. The van der Waals surface area contributed by atoms with Gasteiger partial charge in [-0.15, -0.1) is 0 Å². The number of anilines is 1. The number of hydrogen-bond donors (Lipinski definition) is 1. The van der Waals surface area contributed by atoms with Crippen molar-refractivity contribution in [2.24, 2.45) is 0 Å². The van der Waals surface area contributed by atoms with Crippen LogP contribution in [0.4, 0.5) is 11.4 Å². The summed E-state index contributed by atoms with van der Waals surface area (Å²) in [5.74, 6) is -1.05. The largest absolute Gasteiger partial charge is 0.375 e. The van der Waals surface area contributed by atoms with Crippen molar-refractivity contribution in [1.82, 2.24) is 0 Å². The zero-order chi connectivity index (χ0) is 23.9. The first-order chi connectivity index (χ1) is 16.4. The minimum absolute atomic E-state index is 0.140. The summed E-state index contributed by atoms with van der Waals surface area (Å²) in [5, 5.41) is 24.5. The molecule has 34 heavy (non-hydrogen) atoms. The van der Waals surface area contributed by atoms with Gasteiger partial charge in [-0.2, -0.15) is 0 Å². The lowest BCUT2D eigenvalue weighted by atomic mass is 9.88. The molecule has 1 aliphatic rings. The molecule has 1 heterocycles. The molecule has 4 aromatic rings. The first kappa shape index (κ1) is 21.5. The highest BCUT2D eigenvalue weighted by Crippen LogP contribution is 2.44. The standard InChI is InChI=1S/C27H20N2O5/c30-25(19-12-14-21(15-13-19)29(33)34)16-27(32)23-10-3-4-11-24(23)28(26(27)31)17-20-8-5-7-18-6-1-2-9-22(18)20/h1-15,32H,16-17H2. The van der Waals surface area contributed by atoms with Gasteiger partial charge in [-0.3, -0.25) is 19.7 Å². The van der Waals surface area contributed by atoms with Gasteiger partial charge < -0.3 is 10.0 Å². The lowest BCUT2D eigenvalue weighted by molar-refractivity contribution is -0.384. The number of fused-ring (bicyclic) bond motifs is 2. The monoisotopic (exact) mass is 452 g/mol. The summed E-state index contributed by atoms with van der Waals surface area (Å²) in [6.07, 6.45) is -0.466. The van der Waals surface area contributed by atoms with E-state index >= 15 is 0 Å². The van der Waals surface area contributed by atoms with Crippen LogP contribution in [-0.4, -0.2) is 21.7 Å². The number of aliphatic hydroxyl groups is 1. The molecule has 0 aromatic heterocycles. The van der Waals surface area contributed by atoms with Crippen LogP contribution < -0.4 is 4.90 Å². The third kappa shape index (κ3) is 3.52. The van der Waals surface area contributed by atoms with Gasteiger partial charge in [0, 0.05) is 23.3 Å². The van der Waals surface area contributed by atoms with Crippen LogP contribution in [-0.2, 0) is 16.9 Å². The second kappa shape index (κ2) is 8.20. The van der Waals surface area contributed by atoms with Gasteiger partial charge in [-0.1, -0.05) is 60.7 Å². The van der Waals surface area contributed by atoms with Crippen molar-refractivity contribution in [3.8, 4) is 0 Å². The van der Waals surface area contributed by atoms with Crippen molar-refractivity contribution >= 4 is 33.8 Å². The summed E-state index contributed by atoms with van der Waals surface area (Å²) in [4.78, 5) is 38.4. The number of benzene rings is 4. The summed E-state index contributed by atoms with van der Waals surface area (Å²) >= 11 is 0. The normalized spacial score (nSPS) is 17.1. The van der Waals surface area contributed by atoms with Crippen LogP contribution in [0.25, 0.3) is 10.8 Å². The highest BCUT2D eigenvalue weighted by atomic mass is 16.6. The number of hydrogen-bond acceptors (Lipinski definition) is 5. The van der Waals surface area contributed by atoms with Crippen molar-refractivity contribution in [3.63, 3.8) is 0 Å². The van der Waals surface area contributed by atoms with E-state index < -0.39 is 28.6 Å². The van der Waals surface area contributed by atoms with Gasteiger partial charge in [0.1, 0.15) is 0 Å². The van der Waals surface area contributed by atoms with E-state index in [1.54, 1.807) is 24.3 Å². The number of para-hydroxylation sites is 1. The molecule has 0 spiro atoms. The van der Waals surface area contributed by atoms with Crippen LogP contribution in [0.5, 0.6) is 0 Å². The van der Waals surface area contributed by atoms with Crippen molar-refractivity contribution in [2.75, 3.05) is 4.90 Å². The van der Waals surface area contributed by atoms with Crippen LogP contribution in [0.1, 0.15) is 27.9 Å². The molecular formula is C27H20N2O5. The molecule has 1 aliphatic heterocycles. The van der Waals surface area contributed by atoms with E-state index in [-0.39, 0.29) is 17.8 Å². The summed E-state index contributed by atoms with van der Waals surface area (Å²) < 4.78 is 0. The number of carbonyl (C=O) groups is 2. The second-order valence-corrected chi connectivity index (χ2v) is 8.31. The number of nitro groups is 1. The Hall–Kier alpha value is -4.36. The molecule has 0 saturated carbocycles. The molecule has 7 nitrogen and oxygen atoms in total. The summed E-state index contributed by atoms with van der Waals surface area (Å²) in [6, 6.07) is 25.8. The molecule has 1 N–H and O–H groups in total. The van der Waals surface area contributed by atoms with Crippen LogP contribution in [0.15, 0.2) is 91.0 Å². The Balaban J connectivity index is 1.48. The number of Topliss-reactive ketones (excluding diaryl/α,β-unsaturated/α-hetero) is 1. The molecular weight excluding hydrogens is 432 g/mol. The van der Waals surface area contributed by atoms with E-state index in [1.807, 2.05) is 42.5 Å². The number of non-ortho nitro benzene ring substituents is 1. The number of nitro benzene ring substituents is 1. The Kier molecular flexibility index (Phi) is 5.18. The molecule has 0 radical (unpaired) electrons. The average molecular weight is 452 g/mol. The van der Waals surface area contributed by atoms with Crippen LogP contribution >= 0.6 is 0 Å². The molecule has 0 saturated heterocycles. The van der Waals surface area contributed by atoms with E-state index in [0.717, 1.165) is 16.3 Å². The van der Waals surface area contributed by atoms with Crippen LogP contribution in [0.3, 0.4) is 0 Å². The van der Waals surface area contributed by atoms with Gasteiger partial charge >= 0.3 is 0 Å². The Bertz CT molecular complexity index is 1440. The highest BCUT2D eigenvalue weighted by Gasteiger charge is 2.50. The Morgan fingerprint density at radius 1 is 0.912 bits per heavy atom. The number of amides is 1. The first-order valence-corrected chi connectivity index (χ1v) is 10.8. The van der Waals surface area contributed by atoms with Gasteiger partial charge in [0.2, 0.25) is 0 Å². The predicted octanol–water partition coefficient (Wildman–Crippen LogP) is 4.76. The number of nitrogens with zero attached hydrogens (tertiary/aromatic N) is 2. The van der Waals surface area contributed by atoms with Gasteiger partial charge in [0.15, 0.2) is 11.4 Å². The zero-order valence-electron chi connectivity index (χ0n) is 18.0. The average Bonchev–Trinajstić information content (AvgIpc) is 3.06. The van der Waals surface area contributed by atoms with Crippen LogP contribution in [0.2, 0.25) is 0 Å². The van der Waals surface area contributed by atoms with Gasteiger partial charge in [0.05, 0.1) is 23.6 Å². The van der Waals surface area contributed by atoms with E-state index in [0.29, 0.717) is 11.3 Å². The van der Waals surface area contributed by atoms with E-state index in [9.17, 15) is 24.8 Å². The smallest absolute Gasteiger partial charge is 0.269 e. The molecule has 1 atom stereocenters. The maximum Gasteiger partial charge on any atom is 0.269 e. The molecule has 0 aliphatic carbocycles. The quantitative estimate of drug-likeness (QED) is 0.258. The molecule has 7 heteroatoms. The highest BCUT2D eigenvalue weighted by molar-refractivity contribution is 6.11. The maximum absolute atomic E-state index is 13.6. The Morgan fingerprint density at radius 3 is 2.35 bits per heavy atom. The fourth-order valence-corrected chi connectivity index (χ4v) is 4.54. The fourth-order valence-electron chi connectivity index (χ4n) is 4.54. The third-order valence-corrected chi connectivity index (χ3v) is 6.26. The zero-order valence-corrected chi connectivity index (χ0v) is 18.0. The Morgan fingerprint density at radius 2 is 1.59 bits per heavy atom. The van der Waals surface area contributed by atoms with Crippen molar-refractivity contribution in [3.05, 3.63) is 118 Å². The SMILES string of the molecule is O=C(CC1(O)C(=O)N(Cc2cccc3ccccc23)c2ccccc21)c1ccc([N+](=O)[O-])cc1. The molecule has 0 fully saturated rings. The molecule has 1 unspecified atom stereocenters. The predicted molar refractivity (Wildman–Crippen MR) is 128 cm³/mol. The molecule has 5 rings (SSSR count). The maximum atomic E-state index is 13.6. The van der Waals surface area contributed by atoms with E-state index in [2.05, 4.69) is 0 Å². The van der Waals surface area contributed by atoms with E-state index in [1.165, 1.54) is 29.2 Å². The third-order valence-electron chi connectivity index (χ3n) is 6.26. The summed E-state index contributed by atoms with van der Waals surface area (Å²) in [5.41, 5.74) is -0.127. The number of rotatable bonds is 6. The second-order valence-electron chi connectivity index (χ2n) is 8.31. The molecule has 0 bridgehead atoms. The lowest BCUT2D eigenvalue weighted by Gasteiger charge is -2.23. The van der Waals surface area contributed by atoms with Crippen LogP contribution in [0, 0.1) is 10.1 Å². The van der Waals surface area contributed by atoms with E-state index in [4.69, 9.17) is 0 Å². The molecule has 168 valence electrons. The summed E-state index contributed by atoms with van der Waals surface area (Å²) in [7, 11) is 0. The Labute approximate surface area is 195 Å². The minimum atomic E-state index is -2.03. The lowest BCUT2D eigenvalue weighted by Crippen LogP contribution is -2.41. The number of ketones is 1. The van der Waals surface area contributed by atoms with Crippen molar-refractivity contribution < 1.29 is 19.6 Å². The first-order valence-electron chi connectivity index (χ1n) is 10.8. The fraction of sp³-hybridized carbons (Fsp3) is 0.111. The molecule has 1 amide bonds. The topological polar surface area (TPSA) is 101 Å². The van der Waals surface area contributed by atoms with Gasteiger partial charge in [-0.25, -0.2) is 0 Å². The van der Waals surface area contributed by atoms with Gasteiger partial charge in [-0.05, 0) is 34.5 Å². The minimum Gasteiger partial charge on any atom is -0.375 e.